The minimum atomic E-state index is -0.553. The van der Waals surface area contributed by atoms with Crippen LogP contribution in [0.15, 0.2) is 0 Å². The van der Waals surface area contributed by atoms with Gasteiger partial charge in [0.1, 0.15) is 0 Å². The molecule has 0 aliphatic heterocycles. The molecule has 1 aromatic heterocycles. The predicted octanol–water partition coefficient (Wildman–Crippen LogP) is 1.19. The Labute approximate surface area is 107 Å². The number of anilines is 1. The minimum Gasteiger partial charge on any atom is -0.329 e. The highest BCUT2D eigenvalue weighted by molar-refractivity contribution is 5.94. The molecule has 0 radical (unpaired) electrons. The van der Waals surface area contributed by atoms with E-state index in [2.05, 4.69) is 20.5 Å². The number of nitrogens with one attached hydrogen (secondary N) is 1. The summed E-state index contributed by atoms with van der Waals surface area (Å²) in [7, 11) is 0. The smallest absolute Gasteiger partial charge is 0.249 e. The van der Waals surface area contributed by atoms with Gasteiger partial charge in [0.2, 0.25) is 11.9 Å². The van der Waals surface area contributed by atoms with Crippen LogP contribution in [0.4, 0.5) is 5.95 Å². The van der Waals surface area contributed by atoms with E-state index in [-0.39, 0.29) is 11.9 Å². The molecule has 0 atom stereocenters. The van der Waals surface area contributed by atoms with Crippen molar-refractivity contribution in [1.29, 1.82) is 0 Å². The van der Waals surface area contributed by atoms with Crippen LogP contribution in [0.1, 0.15) is 38.1 Å². The number of hydrogen-bond acceptors (Lipinski definition) is 5. The Morgan fingerprint density at radius 3 is 2.28 bits per heavy atom. The van der Waals surface area contributed by atoms with Gasteiger partial charge in [0.25, 0.3) is 0 Å². The van der Waals surface area contributed by atoms with E-state index in [0.29, 0.717) is 19.4 Å². The number of aryl methyl sites for hydroxylation is 2. The van der Waals surface area contributed by atoms with Crippen LogP contribution in [-0.2, 0) is 4.79 Å². The van der Waals surface area contributed by atoms with Gasteiger partial charge in [0.15, 0.2) is 0 Å². The number of carbonyl (C=O) groups excluding carboxylic acids is 1. The molecule has 0 fully saturated rings. The van der Waals surface area contributed by atoms with Crippen molar-refractivity contribution in [2.24, 2.45) is 11.1 Å². The van der Waals surface area contributed by atoms with Crippen LogP contribution in [-0.4, -0.2) is 27.6 Å². The monoisotopic (exact) mass is 251 g/mol. The first-order valence-electron chi connectivity index (χ1n) is 6.18. The van der Waals surface area contributed by atoms with Crippen molar-refractivity contribution in [2.45, 2.75) is 40.5 Å². The number of nitrogens with two attached hydrogens (primary N) is 1. The maximum Gasteiger partial charge on any atom is 0.249 e. The maximum atomic E-state index is 12.2. The fourth-order valence-corrected chi connectivity index (χ4v) is 1.70. The second-order valence-electron chi connectivity index (χ2n) is 4.45. The molecule has 0 aliphatic carbocycles. The second kappa shape index (κ2) is 5.86. The van der Waals surface area contributed by atoms with Crippen molar-refractivity contribution >= 4 is 11.9 Å². The maximum absolute atomic E-state index is 12.2. The molecule has 0 aliphatic rings. The van der Waals surface area contributed by atoms with E-state index in [4.69, 9.17) is 5.73 Å². The summed E-state index contributed by atoms with van der Waals surface area (Å²) in [6.07, 6.45) is 1.37. The predicted molar refractivity (Wildman–Crippen MR) is 70.0 cm³/mol. The molecule has 0 bridgehead atoms. The summed E-state index contributed by atoms with van der Waals surface area (Å²) >= 11 is 0. The summed E-state index contributed by atoms with van der Waals surface area (Å²) in [6, 6.07) is 0. The normalized spacial score (nSPS) is 11.4. The van der Waals surface area contributed by atoms with Crippen LogP contribution in [0.3, 0.4) is 0 Å². The summed E-state index contributed by atoms with van der Waals surface area (Å²) in [6.45, 7) is 7.87. The molecule has 1 amide bonds. The minimum absolute atomic E-state index is 0.139. The Hall–Kier alpha value is -1.56. The molecule has 0 aromatic carbocycles. The molecule has 0 spiro atoms. The molecule has 1 heterocycles. The molecule has 100 valence electrons. The Kier molecular flexibility index (Phi) is 4.72. The summed E-state index contributed by atoms with van der Waals surface area (Å²) in [4.78, 5) is 16.4. The van der Waals surface area contributed by atoms with E-state index in [0.717, 1.165) is 11.4 Å². The summed E-state index contributed by atoms with van der Waals surface area (Å²) in [5.41, 5.74) is 6.68. The summed E-state index contributed by atoms with van der Waals surface area (Å²) < 4.78 is 0. The molecule has 1 aromatic rings. The van der Waals surface area contributed by atoms with E-state index >= 15 is 0 Å². The van der Waals surface area contributed by atoms with E-state index in [1.807, 2.05) is 27.7 Å². The zero-order valence-corrected chi connectivity index (χ0v) is 11.4. The average Bonchev–Trinajstić information content (AvgIpc) is 2.37. The molecule has 6 nitrogen and oxygen atoms in total. The lowest BCUT2D eigenvalue weighted by molar-refractivity contribution is -0.125. The second-order valence-corrected chi connectivity index (χ2v) is 4.45. The highest BCUT2D eigenvalue weighted by Gasteiger charge is 2.33. The van der Waals surface area contributed by atoms with E-state index in [1.54, 1.807) is 0 Å². The van der Waals surface area contributed by atoms with Gasteiger partial charge in [-0.3, -0.25) is 10.1 Å². The van der Waals surface area contributed by atoms with Crippen molar-refractivity contribution in [3.8, 4) is 0 Å². The van der Waals surface area contributed by atoms with Crippen LogP contribution in [0.2, 0.25) is 0 Å². The molecule has 3 N–H and O–H groups in total. The van der Waals surface area contributed by atoms with E-state index < -0.39 is 5.41 Å². The zero-order chi connectivity index (χ0) is 13.8. The fraction of sp³-hybridized carbons (Fsp3) is 0.667. The van der Waals surface area contributed by atoms with Gasteiger partial charge in [-0.15, -0.1) is 5.10 Å². The first-order chi connectivity index (χ1) is 8.49. The van der Waals surface area contributed by atoms with Crippen molar-refractivity contribution in [3.05, 3.63) is 11.4 Å². The van der Waals surface area contributed by atoms with Gasteiger partial charge >= 0.3 is 0 Å². The fourth-order valence-electron chi connectivity index (χ4n) is 1.70. The SMILES string of the molecule is CCC(CC)(CN)C(=O)Nc1nnc(C)c(C)n1. The van der Waals surface area contributed by atoms with Gasteiger partial charge in [0, 0.05) is 6.54 Å². The molecule has 0 unspecified atom stereocenters. The van der Waals surface area contributed by atoms with E-state index in [1.165, 1.54) is 0 Å². The van der Waals surface area contributed by atoms with Gasteiger partial charge in [-0.2, -0.15) is 5.10 Å². The van der Waals surface area contributed by atoms with Crippen LogP contribution in [0.25, 0.3) is 0 Å². The van der Waals surface area contributed by atoms with Crippen molar-refractivity contribution in [2.75, 3.05) is 11.9 Å². The number of nitrogens with zero attached hydrogens (tertiary/aromatic N) is 3. The number of amides is 1. The Morgan fingerprint density at radius 1 is 1.22 bits per heavy atom. The zero-order valence-electron chi connectivity index (χ0n) is 11.4. The van der Waals surface area contributed by atoms with Gasteiger partial charge in [0.05, 0.1) is 16.8 Å². The van der Waals surface area contributed by atoms with Crippen molar-refractivity contribution < 1.29 is 4.79 Å². The Morgan fingerprint density at radius 2 is 1.83 bits per heavy atom. The first kappa shape index (κ1) is 14.5. The van der Waals surface area contributed by atoms with Crippen LogP contribution < -0.4 is 11.1 Å². The number of rotatable bonds is 5. The molecule has 6 heteroatoms. The standard InChI is InChI=1S/C12H21N5O/c1-5-12(6-2,7-13)10(18)15-11-14-8(3)9(4)16-17-11/h5-7,13H2,1-4H3,(H,14,15,17,18). The third kappa shape index (κ3) is 2.81. The van der Waals surface area contributed by atoms with Crippen LogP contribution in [0, 0.1) is 19.3 Å². The van der Waals surface area contributed by atoms with Gasteiger partial charge < -0.3 is 5.73 Å². The average molecular weight is 251 g/mol. The van der Waals surface area contributed by atoms with Crippen LogP contribution in [0.5, 0.6) is 0 Å². The molecule has 18 heavy (non-hydrogen) atoms. The third-order valence-electron chi connectivity index (χ3n) is 3.54. The molecular formula is C12H21N5O. The van der Waals surface area contributed by atoms with Crippen molar-refractivity contribution in [1.82, 2.24) is 15.2 Å². The number of aromatic nitrogens is 3. The highest BCUT2D eigenvalue weighted by Crippen LogP contribution is 2.26. The highest BCUT2D eigenvalue weighted by atomic mass is 16.2. The summed E-state index contributed by atoms with van der Waals surface area (Å²) in [5, 5.41) is 10.5. The van der Waals surface area contributed by atoms with Crippen molar-refractivity contribution in [3.63, 3.8) is 0 Å². The quantitative estimate of drug-likeness (QED) is 0.819. The molecule has 1 rings (SSSR count). The lowest BCUT2D eigenvalue weighted by atomic mass is 9.81. The summed E-state index contributed by atoms with van der Waals surface area (Å²) in [5.74, 6) is 0.0999. The molecule has 0 saturated heterocycles. The Bertz CT molecular complexity index is 420. The topological polar surface area (TPSA) is 93.8 Å². The van der Waals surface area contributed by atoms with Crippen LogP contribution >= 0.6 is 0 Å². The Balaban J connectivity index is 2.89. The largest absolute Gasteiger partial charge is 0.329 e. The molecular weight excluding hydrogens is 230 g/mol. The first-order valence-corrected chi connectivity index (χ1v) is 6.18. The number of carbonyl (C=O) groups is 1. The lowest BCUT2D eigenvalue weighted by Gasteiger charge is -2.27. The van der Waals surface area contributed by atoms with E-state index in [9.17, 15) is 4.79 Å². The third-order valence-corrected chi connectivity index (χ3v) is 3.54. The van der Waals surface area contributed by atoms with Gasteiger partial charge in [-0.25, -0.2) is 4.98 Å². The van der Waals surface area contributed by atoms with Gasteiger partial charge in [-0.1, -0.05) is 13.8 Å². The number of hydrogen-bond donors (Lipinski definition) is 2. The van der Waals surface area contributed by atoms with Gasteiger partial charge in [-0.05, 0) is 26.7 Å². The molecule has 0 saturated carbocycles. The lowest BCUT2D eigenvalue weighted by Crippen LogP contribution is -2.41.